The molecule has 0 bridgehead atoms. The third kappa shape index (κ3) is 3.96. The summed E-state index contributed by atoms with van der Waals surface area (Å²) < 4.78 is 0. The molecule has 2 aromatic rings. The second-order valence-corrected chi connectivity index (χ2v) is 6.64. The number of benzene rings is 2. The number of nitrogens with one attached hydrogen (secondary N) is 2. The number of urea groups is 2. The van der Waals surface area contributed by atoms with Crippen molar-refractivity contribution < 1.29 is 9.59 Å². The molecule has 0 aliphatic carbocycles. The molecule has 136 valence electrons. The quantitative estimate of drug-likeness (QED) is 0.884. The van der Waals surface area contributed by atoms with E-state index in [0.717, 1.165) is 23.4 Å². The average Bonchev–Trinajstić information content (AvgIpc) is 2.96. The summed E-state index contributed by atoms with van der Waals surface area (Å²) in [5.74, 6) is 0. The van der Waals surface area contributed by atoms with Crippen molar-refractivity contribution in [3.8, 4) is 0 Å². The number of amides is 4. The molecule has 2 aromatic carbocycles. The van der Waals surface area contributed by atoms with E-state index in [0.29, 0.717) is 18.8 Å². The van der Waals surface area contributed by atoms with E-state index in [1.807, 2.05) is 26.0 Å². The number of nitrogens with zero attached hydrogens (tertiary/aromatic N) is 2. The van der Waals surface area contributed by atoms with Gasteiger partial charge in [-0.1, -0.05) is 23.8 Å². The van der Waals surface area contributed by atoms with E-state index in [1.165, 1.54) is 5.56 Å². The fourth-order valence-corrected chi connectivity index (χ4v) is 2.95. The van der Waals surface area contributed by atoms with E-state index in [9.17, 15) is 9.59 Å². The summed E-state index contributed by atoms with van der Waals surface area (Å²) in [7, 11) is 1.79. The monoisotopic (exact) mass is 352 g/mol. The molecular formula is C20H24N4O2. The minimum atomic E-state index is -0.254. The zero-order valence-electron chi connectivity index (χ0n) is 15.4. The number of anilines is 2. The van der Waals surface area contributed by atoms with Gasteiger partial charge >= 0.3 is 12.1 Å². The normalized spacial score (nSPS) is 13.9. The Kier molecular flexibility index (Phi) is 5.11. The summed E-state index contributed by atoms with van der Waals surface area (Å²) in [4.78, 5) is 27.6. The summed E-state index contributed by atoms with van der Waals surface area (Å²) in [6.07, 6.45) is 0. The first kappa shape index (κ1) is 17.8. The maximum atomic E-state index is 12.1. The molecule has 0 spiro atoms. The van der Waals surface area contributed by atoms with Gasteiger partial charge in [0.1, 0.15) is 0 Å². The number of aryl methyl sites for hydroxylation is 2. The summed E-state index contributed by atoms with van der Waals surface area (Å²) in [6.45, 7) is 5.95. The Labute approximate surface area is 153 Å². The van der Waals surface area contributed by atoms with Crippen LogP contribution in [-0.2, 0) is 6.54 Å². The Hall–Kier alpha value is -3.02. The van der Waals surface area contributed by atoms with Crippen LogP contribution in [0.3, 0.4) is 0 Å². The first-order valence-corrected chi connectivity index (χ1v) is 8.68. The van der Waals surface area contributed by atoms with Crippen LogP contribution < -0.4 is 15.5 Å². The zero-order valence-corrected chi connectivity index (χ0v) is 15.4. The van der Waals surface area contributed by atoms with Gasteiger partial charge in [0, 0.05) is 38.1 Å². The molecule has 6 heteroatoms. The smallest absolute Gasteiger partial charge is 0.324 e. The molecule has 1 aliphatic rings. The first-order valence-electron chi connectivity index (χ1n) is 8.68. The zero-order chi connectivity index (χ0) is 18.7. The molecule has 1 heterocycles. The molecule has 4 amide bonds. The highest BCUT2D eigenvalue weighted by atomic mass is 16.2. The molecule has 26 heavy (non-hydrogen) atoms. The van der Waals surface area contributed by atoms with Gasteiger partial charge in [-0.15, -0.1) is 0 Å². The minimum absolute atomic E-state index is 0.00280. The number of hydrogen-bond acceptors (Lipinski definition) is 2. The lowest BCUT2D eigenvalue weighted by Gasteiger charge is -2.16. The van der Waals surface area contributed by atoms with E-state index >= 15 is 0 Å². The Morgan fingerprint density at radius 3 is 2.46 bits per heavy atom. The predicted octanol–water partition coefficient (Wildman–Crippen LogP) is 3.50. The summed E-state index contributed by atoms with van der Waals surface area (Å²) >= 11 is 0. The number of hydrogen-bond donors (Lipinski definition) is 2. The maximum Gasteiger partial charge on any atom is 0.324 e. The van der Waals surface area contributed by atoms with E-state index in [4.69, 9.17) is 0 Å². The van der Waals surface area contributed by atoms with Crippen molar-refractivity contribution in [1.82, 2.24) is 10.2 Å². The van der Waals surface area contributed by atoms with Crippen molar-refractivity contribution in [3.05, 3.63) is 59.2 Å². The van der Waals surface area contributed by atoms with Crippen molar-refractivity contribution in [3.63, 3.8) is 0 Å². The van der Waals surface area contributed by atoms with Gasteiger partial charge in [-0.25, -0.2) is 9.59 Å². The van der Waals surface area contributed by atoms with Crippen LogP contribution in [0.1, 0.15) is 16.7 Å². The van der Waals surface area contributed by atoms with E-state index < -0.39 is 0 Å². The van der Waals surface area contributed by atoms with Crippen molar-refractivity contribution in [2.75, 3.05) is 30.4 Å². The lowest BCUT2D eigenvalue weighted by molar-refractivity contribution is 0.229. The van der Waals surface area contributed by atoms with Crippen LogP contribution in [-0.4, -0.2) is 37.1 Å². The fraction of sp³-hybridized carbons (Fsp3) is 0.300. The highest BCUT2D eigenvalue weighted by Gasteiger charge is 2.26. The maximum absolute atomic E-state index is 12.1. The Bertz CT molecular complexity index is 817. The van der Waals surface area contributed by atoms with Crippen LogP contribution >= 0.6 is 0 Å². The molecule has 6 nitrogen and oxygen atoms in total. The van der Waals surface area contributed by atoms with Crippen LogP contribution in [0.15, 0.2) is 42.5 Å². The molecule has 1 saturated heterocycles. The number of carbonyl (C=O) groups excluding carboxylic acids is 2. The molecule has 0 radical (unpaired) electrons. The lowest BCUT2D eigenvalue weighted by atomic mass is 10.1. The number of likely N-dealkylation sites (N-methyl/N-ethyl adjacent to an activating group) is 1. The molecule has 0 saturated carbocycles. The average molecular weight is 352 g/mol. The molecule has 2 N–H and O–H groups in total. The van der Waals surface area contributed by atoms with Gasteiger partial charge in [0.25, 0.3) is 0 Å². The summed E-state index contributed by atoms with van der Waals surface area (Å²) in [5, 5.41) is 5.70. The van der Waals surface area contributed by atoms with Crippen LogP contribution in [0.5, 0.6) is 0 Å². The molecule has 1 fully saturated rings. The van der Waals surface area contributed by atoms with E-state index in [1.54, 1.807) is 29.0 Å². The molecule has 3 rings (SSSR count). The van der Waals surface area contributed by atoms with E-state index in [-0.39, 0.29) is 12.1 Å². The molecule has 1 aliphatic heterocycles. The standard InChI is InChI=1S/C20H24N4O2/c1-14-4-5-15(2)16(12-14)13-21-19(25)22-17-6-8-18(9-7-17)24-11-10-23(3)20(24)26/h4-9,12H,10-11,13H2,1-3H3,(H2,21,22,25). The molecule has 0 atom stereocenters. The van der Waals surface area contributed by atoms with Gasteiger partial charge in [0.05, 0.1) is 0 Å². The highest BCUT2D eigenvalue weighted by molar-refractivity contribution is 5.94. The predicted molar refractivity (Wildman–Crippen MR) is 104 cm³/mol. The van der Waals surface area contributed by atoms with Crippen molar-refractivity contribution in [2.24, 2.45) is 0 Å². The third-order valence-electron chi connectivity index (χ3n) is 4.60. The Morgan fingerprint density at radius 1 is 1.08 bits per heavy atom. The Morgan fingerprint density at radius 2 is 1.81 bits per heavy atom. The highest BCUT2D eigenvalue weighted by Crippen LogP contribution is 2.21. The largest absolute Gasteiger partial charge is 0.334 e. The van der Waals surface area contributed by atoms with Crippen LogP contribution in [0.4, 0.5) is 21.0 Å². The minimum Gasteiger partial charge on any atom is -0.334 e. The van der Waals surface area contributed by atoms with Crippen molar-refractivity contribution >= 4 is 23.4 Å². The van der Waals surface area contributed by atoms with Crippen molar-refractivity contribution in [1.29, 1.82) is 0 Å². The van der Waals surface area contributed by atoms with Gasteiger partial charge in [-0.2, -0.15) is 0 Å². The lowest BCUT2D eigenvalue weighted by Crippen LogP contribution is -2.29. The van der Waals surface area contributed by atoms with Crippen LogP contribution in [0.2, 0.25) is 0 Å². The summed E-state index contributed by atoms with van der Waals surface area (Å²) in [6, 6.07) is 13.2. The number of carbonyl (C=O) groups is 2. The van der Waals surface area contributed by atoms with Crippen LogP contribution in [0.25, 0.3) is 0 Å². The number of rotatable bonds is 4. The van der Waals surface area contributed by atoms with Gasteiger partial charge in [0.15, 0.2) is 0 Å². The molecule has 0 aromatic heterocycles. The SMILES string of the molecule is Cc1ccc(C)c(CNC(=O)Nc2ccc(N3CCN(C)C3=O)cc2)c1. The molecule has 0 unspecified atom stereocenters. The molecular weight excluding hydrogens is 328 g/mol. The van der Waals surface area contributed by atoms with Crippen molar-refractivity contribution in [2.45, 2.75) is 20.4 Å². The van der Waals surface area contributed by atoms with Gasteiger partial charge in [-0.3, -0.25) is 4.90 Å². The first-order chi connectivity index (χ1) is 12.4. The second-order valence-electron chi connectivity index (χ2n) is 6.64. The van der Waals surface area contributed by atoms with Gasteiger partial charge in [0.2, 0.25) is 0 Å². The van der Waals surface area contributed by atoms with E-state index in [2.05, 4.69) is 28.8 Å². The Balaban J connectivity index is 1.56. The third-order valence-corrected chi connectivity index (χ3v) is 4.60. The van der Waals surface area contributed by atoms with Gasteiger partial charge < -0.3 is 15.5 Å². The topological polar surface area (TPSA) is 64.7 Å². The van der Waals surface area contributed by atoms with Gasteiger partial charge in [-0.05, 0) is 49.2 Å². The van der Waals surface area contributed by atoms with Crippen LogP contribution in [0, 0.1) is 13.8 Å². The fourth-order valence-electron chi connectivity index (χ4n) is 2.95. The second kappa shape index (κ2) is 7.47. The summed E-state index contributed by atoms with van der Waals surface area (Å²) in [5.41, 5.74) is 4.95.